The minimum absolute atomic E-state index is 0.237. The highest BCUT2D eigenvalue weighted by Crippen LogP contribution is 2.17. The first-order valence-corrected chi connectivity index (χ1v) is 9.77. The van der Waals surface area contributed by atoms with Crippen molar-refractivity contribution in [2.45, 2.75) is 46.3 Å². The quantitative estimate of drug-likeness (QED) is 0.603. The van der Waals surface area contributed by atoms with Crippen LogP contribution < -0.4 is 5.32 Å². The molecule has 0 saturated carbocycles. The number of esters is 1. The Balaban J connectivity index is 1.52. The topological polar surface area (TPSA) is 99.0 Å². The number of rotatable bonds is 7. The molecule has 30 heavy (non-hydrogen) atoms. The van der Waals surface area contributed by atoms with Crippen LogP contribution in [0.15, 0.2) is 48.5 Å². The first-order valence-electron chi connectivity index (χ1n) is 9.77. The van der Waals surface area contributed by atoms with Gasteiger partial charge in [0.2, 0.25) is 5.82 Å². The fourth-order valence-corrected chi connectivity index (χ4v) is 2.73. The summed E-state index contributed by atoms with van der Waals surface area (Å²) >= 11 is 0. The molecule has 0 bridgehead atoms. The monoisotopic (exact) mass is 407 g/mol. The van der Waals surface area contributed by atoms with Gasteiger partial charge in [0.25, 0.3) is 5.91 Å². The molecule has 0 spiro atoms. The zero-order valence-corrected chi connectivity index (χ0v) is 17.5. The predicted octanol–water partition coefficient (Wildman–Crippen LogP) is 3.34. The Kier molecular flexibility index (Phi) is 6.56. The summed E-state index contributed by atoms with van der Waals surface area (Å²) in [5, 5.41) is 14.8. The summed E-state index contributed by atoms with van der Waals surface area (Å²) in [5.41, 5.74) is 3.75. The zero-order chi connectivity index (χ0) is 21.7. The number of ether oxygens (including phenoxy) is 1. The molecule has 3 aromatic rings. The molecule has 3 rings (SSSR count). The molecule has 2 aromatic carbocycles. The highest BCUT2D eigenvalue weighted by Gasteiger charge is 2.19. The fraction of sp³-hybridized carbons (Fsp3) is 0.318. The number of tetrazole rings is 1. The Morgan fingerprint density at radius 3 is 2.33 bits per heavy atom. The smallest absolute Gasteiger partial charge is 0.330 e. The summed E-state index contributed by atoms with van der Waals surface area (Å²) in [6, 6.07) is 15.2. The maximum atomic E-state index is 12.3. The molecule has 0 aliphatic heterocycles. The van der Waals surface area contributed by atoms with E-state index in [1.807, 2.05) is 55.5 Å². The van der Waals surface area contributed by atoms with Crippen molar-refractivity contribution < 1.29 is 14.3 Å². The van der Waals surface area contributed by atoms with E-state index in [-0.39, 0.29) is 6.54 Å². The first kappa shape index (κ1) is 21.2. The van der Waals surface area contributed by atoms with E-state index in [1.54, 1.807) is 0 Å². The van der Waals surface area contributed by atoms with Crippen LogP contribution in [0.5, 0.6) is 0 Å². The lowest BCUT2D eigenvalue weighted by atomic mass is 10.0. The number of hydrogen-bond donors (Lipinski definition) is 1. The molecule has 156 valence electrons. The minimum Gasteiger partial charge on any atom is -0.451 e. The van der Waals surface area contributed by atoms with E-state index in [4.69, 9.17) is 4.74 Å². The molecule has 0 unspecified atom stereocenters. The van der Waals surface area contributed by atoms with Gasteiger partial charge >= 0.3 is 5.97 Å². The molecule has 0 saturated heterocycles. The van der Waals surface area contributed by atoms with Gasteiger partial charge in [-0.25, -0.2) is 4.79 Å². The van der Waals surface area contributed by atoms with Crippen LogP contribution in [0.2, 0.25) is 0 Å². The van der Waals surface area contributed by atoms with Crippen LogP contribution in [0.3, 0.4) is 0 Å². The molecule has 0 aliphatic carbocycles. The van der Waals surface area contributed by atoms with Gasteiger partial charge in [0.15, 0.2) is 12.6 Å². The summed E-state index contributed by atoms with van der Waals surface area (Å²) in [6.45, 7) is 7.47. The van der Waals surface area contributed by atoms with Crippen LogP contribution >= 0.6 is 0 Å². The van der Waals surface area contributed by atoms with Gasteiger partial charge in [-0.3, -0.25) is 4.79 Å². The number of aromatic nitrogens is 4. The van der Waals surface area contributed by atoms with Crippen LogP contribution in [0.25, 0.3) is 11.4 Å². The van der Waals surface area contributed by atoms with Gasteiger partial charge < -0.3 is 10.1 Å². The van der Waals surface area contributed by atoms with E-state index in [1.165, 1.54) is 12.5 Å². The average molecular weight is 407 g/mol. The van der Waals surface area contributed by atoms with Crippen molar-refractivity contribution in [2.24, 2.45) is 0 Å². The molecule has 0 fully saturated rings. The third-order valence-corrected chi connectivity index (χ3v) is 4.56. The van der Waals surface area contributed by atoms with Gasteiger partial charge in [0, 0.05) is 11.3 Å². The van der Waals surface area contributed by atoms with Crippen molar-refractivity contribution in [3.8, 4) is 11.4 Å². The number of nitrogens with zero attached hydrogens (tertiary/aromatic N) is 4. The molecule has 1 aromatic heterocycles. The SMILES string of the molecule is Cc1ccc(-c2nnn(CC(=O)O[C@@H](C)C(=O)Nc3ccc(C(C)C)cc3)n2)cc1. The average Bonchev–Trinajstić information content (AvgIpc) is 3.17. The maximum Gasteiger partial charge on any atom is 0.330 e. The summed E-state index contributed by atoms with van der Waals surface area (Å²) in [4.78, 5) is 25.6. The number of nitrogens with one attached hydrogen (secondary N) is 1. The van der Waals surface area contributed by atoms with Gasteiger partial charge in [0.1, 0.15) is 0 Å². The molecule has 0 radical (unpaired) electrons. The zero-order valence-electron chi connectivity index (χ0n) is 17.5. The van der Waals surface area contributed by atoms with E-state index in [9.17, 15) is 9.59 Å². The lowest BCUT2D eigenvalue weighted by Crippen LogP contribution is -2.31. The number of aryl methyl sites for hydroxylation is 1. The molecule has 1 atom stereocenters. The largest absolute Gasteiger partial charge is 0.451 e. The number of anilines is 1. The van der Waals surface area contributed by atoms with Crippen molar-refractivity contribution in [3.63, 3.8) is 0 Å². The highest BCUT2D eigenvalue weighted by atomic mass is 16.5. The summed E-state index contributed by atoms with van der Waals surface area (Å²) < 4.78 is 5.20. The van der Waals surface area contributed by atoms with Crippen LogP contribution in [0.4, 0.5) is 5.69 Å². The van der Waals surface area contributed by atoms with E-state index < -0.39 is 18.0 Å². The number of hydrogen-bond acceptors (Lipinski definition) is 6. The van der Waals surface area contributed by atoms with E-state index in [2.05, 4.69) is 34.6 Å². The first-order chi connectivity index (χ1) is 14.3. The third kappa shape index (κ3) is 5.50. The van der Waals surface area contributed by atoms with Crippen LogP contribution in [0.1, 0.15) is 37.8 Å². The second-order valence-corrected chi connectivity index (χ2v) is 7.41. The maximum absolute atomic E-state index is 12.3. The Bertz CT molecular complexity index is 1010. The predicted molar refractivity (Wildman–Crippen MR) is 113 cm³/mol. The van der Waals surface area contributed by atoms with E-state index in [0.29, 0.717) is 17.4 Å². The molecule has 0 aliphatic rings. The van der Waals surface area contributed by atoms with E-state index >= 15 is 0 Å². The second-order valence-electron chi connectivity index (χ2n) is 7.41. The van der Waals surface area contributed by atoms with E-state index in [0.717, 1.165) is 15.9 Å². The summed E-state index contributed by atoms with van der Waals surface area (Å²) in [5.74, 6) is -0.210. The highest BCUT2D eigenvalue weighted by molar-refractivity contribution is 5.95. The van der Waals surface area contributed by atoms with Gasteiger partial charge in [-0.15, -0.1) is 10.2 Å². The molecule has 8 heteroatoms. The number of carbonyl (C=O) groups is 2. The Labute approximate surface area is 175 Å². The van der Waals surface area contributed by atoms with Gasteiger partial charge in [-0.2, -0.15) is 4.80 Å². The number of benzene rings is 2. The molecule has 1 N–H and O–H groups in total. The summed E-state index contributed by atoms with van der Waals surface area (Å²) in [6.07, 6.45) is -0.956. The standard InChI is InChI=1S/C22H25N5O3/c1-14(2)17-9-11-19(12-10-17)23-22(29)16(4)30-20(28)13-27-25-21(24-26-27)18-7-5-15(3)6-8-18/h5-12,14,16H,13H2,1-4H3,(H,23,29)/t16-/m0/s1. The lowest BCUT2D eigenvalue weighted by molar-refractivity contribution is -0.154. The van der Waals surface area contributed by atoms with Crippen molar-refractivity contribution in [1.29, 1.82) is 0 Å². The molecule has 1 amide bonds. The Hall–Kier alpha value is -3.55. The van der Waals surface area contributed by atoms with Gasteiger partial charge in [-0.05, 0) is 42.7 Å². The Morgan fingerprint density at radius 2 is 1.70 bits per heavy atom. The number of amides is 1. The molecular formula is C22H25N5O3. The Morgan fingerprint density at radius 1 is 1.03 bits per heavy atom. The van der Waals surface area contributed by atoms with Crippen LogP contribution in [-0.2, 0) is 20.9 Å². The van der Waals surface area contributed by atoms with Crippen LogP contribution in [-0.4, -0.2) is 38.2 Å². The van der Waals surface area contributed by atoms with Crippen molar-refractivity contribution in [3.05, 3.63) is 59.7 Å². The summed E-state index contributed by atoms with van der Waals surface area (Å²) in [7, 11) is 0. The van der Waals surface area contributed by atoms with Crippen molar-refractivity contribution >= 4 is 17.6 Å². The number of carbonyl (C=O) groups excluding carboxylic acids is 2. The molecule has 1 heterocycles. The van der Waals surface area contributed by atoms with Gasteiger partial charge in [0.05, 0.1) is 0 Å². The fourth-order valence-electron chi connectivity index (χ4n) is 2.73. The van der Waals surface area contributed by atoms with Crippen molar-refractivity contribution in [2.75, 3.05) is 5.32 Å². The normalized spacial score (nSPS) is 11.9. The third-order valence-electron chi connectivity index (χ3n) is 4.56. The van der Waals surface area contributed by atoms with Crippen molar-refractivity contribution in [1.82, 2.24) is 20.2 Å². The molecular weight excluding hydrogens is 382 g/mol. The lowest BCUT2D eigenvalue weighted by Gasteiger charge is -2.14. The van der Waals surface area contributed by atoms with Crippen LogP contribution in [0, 0.1) is 6.92 Å². The molecule has 8 nitrogen and oxygen atoms in total. The second kappa shape index (κ2) is 9.30. The minimum atomic E-state index is -0.956. The van der Waals surface area contributed by atoms with Gasteiger partial charge in [-0.1, -0.05) is 55.8 Å².